The Morgan fingerprint density at radius 3 is 2.72 bits per heavy atom. The van der Waals surface area contributed by atoms with Crippen LogP contribution in [0.4, 0.5) is 4.39 Å². The maximum absolute atomic E-state index is 12.0. The van der Waals surface area contributed by atoms with Crippen LogP contribution in [0, 0.1) is 0 Å². The van der Waals surface area contributed by atoms with E-state index >= 15 is 0 Å². The van der Waals surface area contributed by atoms with Gasteiger partial charge in [0, 0.05) is 6.07 Å². The van der Waals surface area contributed by atoms with Gasteiger partial charge in [-0.25, -0.2) is 9.18 Å². The molecule has 0 amide bonds. The van der Waals surface area contributed by atoms with Gasteiger partial charge in [-0.3, -0.25) is 0 Å². The number of nitrogens with zero attached hydrogens (tertiary/aromatic N) is 3. The Hall–Kier alpha value is -2.44. The lowest BCUT2D eigenvalue weighted by molar-refractivity contribution is 0.0696. The molecular formula is C11H10FN3O3. The Bertz CT molecular complexity index is 542. The molecular weight excluding hydrogens is 241 g/mol. The lowest BCUT2D eigenvalue weighted by atomic mass is 10.2. The zero-order chi connectivity index (χ0) is 13.0. The van der Waals surface area contributed by atoms with Gasteiger partial charge in [-0.2, -0.15) is 15.0 Å². The molecule has 0 radical (unpaired) electrons. The topological polar surface area (TPSA) is 77.2 Å². The summed E-state index contributed by atoms with van der Waals surface area (Å²) in [7, 11) is 0. The molecule has 0 spiro atoms. The van der Waals surface area contributed by atoms with E-state index in [1.54, 1.807) is 0 Å². The van der Waals surface area contributed by atoms with Gasteiger partial charge < -0.3 is 9.84 Å². The second-order valence-corrected chi connectivity index (χ2v) is 3.34. The highest BCUT2D eigenvalue weighted by atomic mass is 19.1. The molecule has 0 saturated carbocycles. The summed E-state index contributed by atoms with van der Waals surface area (Å²) in [6.45, 7) is -0.700. The molecule has 0 saturated heterocycles. The number of carboxylic acid groups (broad SMARTS) is 1. The second kappa shape index (κ2) is 5.26. The number of aromatic nitrogens is 3. The number of ether oxygens (including phenoxy) is 1. The average Bonchev–Trinajstić information content (AvgIpc) is 2.89. The fraction of sp³-hybridized carbons (Fsp3) is 0.182. The summed E-state index contributed by atoms with van der Waals surface area (Å²) in [5.41, 5.74) is 0.308. The van der Waals surface area contributed by atoms with Crippen molar-refractivity contribution < 1.29 is 19.0 Å². The Labute approximate surface area is 102 Å². The number of halogens is 1. The fourth-order valence-electron chi connectivity index (χ4n) is 1.44. The van der Waals surface area contributed by atoms with Crippen LogP contribution in [-0.2, 0) is 0 Å². The van der Waals surface area contributed by atoms with Crippen LogP contribution in [0.5, 0.6) is 5.75 Å². The predicted octanol–water partition coefficient (Wildman–Crippen LogP) is 1.31. The molecule has 1 aromatic carbocycles. The first-order valence-corrected chi connectivity index (χ1v) is 5.15. The molecule has 0 fully saturated rings. The van der Waals surface area contributed by atoms with Crippen molar-refractivity contribution in [1.29, 1.82) is 0 Å². The quantitative estimate of drug-likeness (QED) is 0.867. The highest BCUT2D eigenvalue weighted by Gasteiger charge is 2.14. The lowest BCUT2D eigenvalue weighted by Gasteiger charge is -2.08. The van der Waals surface area contributed by atoms with Crippen molar-refractivity contribution in [3.05, 3.63) is 36.2 Å². The highest BCUT2D eigenvalue weighted by molar-refractivity contribution is 5.92. The van der Waals surface area contributed by atoms with E-state index in [4.69, 9.17) is 9.84 Å². The third kappa shape index (κ3) is 2.45. The number of carbonyl (C=O) groups is 1. The van der Waals surface area contributed by atoms with Crippen molar-refractivity contribution in [2.24, 2.45) is 0 Å². The van der Waals surface area contributed by atoms with E-state index in [9.17, 15) is 9.18 Å². The molecule has 7 heteroatoms. The van der Waals surface area contributed by atoms with E-state index in [0.29, 0.717) is 5.75 Å². The third-order valence-corrected chi connectivity index (χ3v) is 2.18. The zero-order valence-corrected chi connectivity index (χ0v) is 9.28. The van der Waals surface area contributed by atoms with Crippen molar-refractivity contribution in [1.82, 2.24) is 15.0 Å². The largest absolute Gasteiger partial charge is 0.491 e. The van der Waals surface area contributed by atoms with Crippen LogP contribution < -0.4 is 4.74 Å². The van der Waals surface area contributed by atoms with Gasteiger partial charge >= 0.3 is 5.97 Å². The standard InChI is InChI=1S/C11H10FN3O3/c12-3-6-18-8-1-2-9(11(16)17)10(7-8)15-13-4-5-14-15/h1-2,4-5,7H,3,6H2,(H,16,17). The summed E-state index contributed by atoms with van der Waals surface area (Å²) in [4.78, 5) is 12.2. The van der Waals surface area contributed by atoms with Gasteiger partial charge in [0.1, 0.15) is 24.7 Å². The number of alkyl halides is 1. The molecule has 0 aliphatic rings. The van der Waals surface area contributed by atoms with Crippen LogP contribution >= 0.6 is 0 Å². The van der Waals surface area contributed by atoms with Gasteiger partial charge in [0.25, 0.3) is 0 Å². The summed E-state index contributed by atoms with van der Waals surface area (Å²) in [6, 6.07) is 4.29. The van der Waals surface area contributed by atoms with Crippen LogP contribution in [0.3, 0.4) is 0 Å². The maximum Gasteiger partial charge on any atom is 0.337 e. The van der Waals surface area contributed by atoms with Gasteiger partial charge in [0.15, 0.2) is 0 Å². The van der Waals surface area contributed by atoms with Crippen LogP contribution in [0.25, 0.3) is 5.69 Å². The van der Waals surface area contributed by atoms with Crippen molar-refractivity contribution >= 4 is 5.97 Å². The van der Waals surface area contributed by atoms with Crippen molar-refractivity contribution in [3.63, 3.8) is 0 Å². The molecule has 2 aromatic rings. The van der Waals surface area contributed by atoms with Crippen molar-refractivity contribution in [3.8, 4) is 11.4 Å². The first-order chi connectivity index (χ1) is 8.72. The van der Waals surface area contributed by atoms with Crippen LogP contribution in [0.1, 0.15) is 10.4 Å². The normalized spacial score (nSPS) is 10.3. The molecule has 0 aliphatic heterocycles. The zero-order valence-electron chi connectivity index (χ0n) is 9.28. The third-order valence-electron chi connectivity index (χ3n) is 2.18. The van der Waals surface area contributed by atoms with Crippen molar-refractivity contribution in [2.45, 2.75) is 0 Å². The van der Waals surface area contributed by atoms with Crippen LogP contribution in [0.15, 0.2) is 30.6 Å². The van der Waals surface area contributed by atoms with E-state index in [0.717, 1.165) is 0 Å². The minimum Gasteiger partial charge on any atom is -0.491 e. The van der Waals surface area contributed by atoms with Gasteiger partial charge in [-0.1, -0.05) is 0 Å². The molecule has 94 valence electrons. The number of rotatable bonds is 5. The molecule has 0 bridgehead atoms. The van der Waals surface area contributed by atoms with Gasteiger partial charge in [-0.15, -0.1) is 0 Å². The predicted molar refractivity (Wildman–Crippen MR) is 59.8 cm³/mol. The molecule has 18 heavy (non-hydrogen) atoms. The minimum atomic E-state index is -1.10. The summed E-state index contributed by atoms with van der Waals surface area (Å²) in [5.74, 6) is -0.732. The molecule has 0 aliphatic carbocycles. The highest BCUT2D eigenvalue weighted by Crippen LogP contribution is 2.20. The van der Waals surface area contributed by atoms with E-state index in [-0.39, 0.29) is 17.9 Å². The molecule has 6 nitrogen and oxygen atoms in total. The molecule has 0 unspecified atom stereocenters. The van der Waals surface area contributed by atoms with Crippen LogP contribution in [-0.4, -0.2) is 39.4 Å². The lowest BCUT2D eigenvalue weighted by Crippen LogP contribution is -2.09. The van der Waals surface area contributed by atoms with Crippen LogP contribution in [0.2, 0.25) is 0 Å². The van der Waals surface area contributed by atoms with Crippen molar-refractivity contribution in [2.75, 3.05) is 13.3 Å². The molecule has 1 heterocycles. The van der Waals surface area contributed by atoms with Gasteiger partial charge in [0.2, 0.25) is 0 Å². The summed E-state index contributed by atoms with van der Waals surface area (Å²) < 4.78 is 17.1. The summed E-state index contributed by atoms with van der Waals surface area (Å²) in [6.07, 6.45) is 2.86. The number of carboxylic acids is 1. The summed E-state index contributed by atoms with van der Waals surface area (Å²) >= 11 is 0. The summed E-state index contributed by atoms with van der Waals surface area (Å²) in [5, 5.41) is 16.8. The molecule has 1 N–H and O–H groups in total. The monoisotopic (exact) mass is 251 g/mol. The SMILES string of the molecule is O=C(O)c1ccc(OCCF)cc1-n1nccn1. The first kappa shape index (κ1) is 12.0. The van der Waals surface area contributed by atoms with E-state index in [2.05, 4.69) is 10.2 Å². The Balaban J connectivity index is 2.42. The Kier molecular flexibility index (Phi) is 3.52. The minimum absolute atomic E-state index is 0.0406. The molecule has 0 atom stereocenters. The van der Waals surface area contributed by atoms with E-state index in [1.807, 2.05) is 0 Å². The Morgan fingerprint density at radius 1 is 1.39 bits per heavy atom. The smallest absolute Gasteiger partial charge is 0.337 e. The van der Waals surface area contributed by atoms with Gasteiger partial charge in [0.05, 0.1) is 18.0 Å². The van der Waals surface area contributed by atoms with E-state index < -0.39 is 12.6 Å². The fourth-order valence-corrected chi connectivity index (χ4v) is 1.44. The Morgan fingerprint density at radius 2 is 2.11 bits per heavy atom. The molecule has 2 rings (SSSR count). The number of aromatic carboxylic acids is 1. The number of hydrogen-bond donors (Lipinski definition) is 1. The van der Waals surface area contributed by atoms with E-state index in [1.165, 1.54) is 35.4 Å². The average molecular weight is 251 g/mol. The number of benzene rings is 1. The van der Waals surface area contributed by atoms with Gasteiger partial charge in [-0.05, 0) is 12.1 Å². The maximum atomic E-state index is 12.0. The molecule has 1 aromatic heterocycles. The first-order valence-electron chi connectivity index (χ1n) is 5.15. The number of hydrogen-bond acceptors (Lipinski definition) is 4. The second-order valence-electron chi connectivity index (χ2n) is 3.34.